The van der Waals surface area contributed by atoms with Crippen molar-refractivity contribution in [3.05, 3.63) is 81.9 Å². The minimum atomic E-state index is -0.957. The second-order valence-electron chi connectivity index (χ2n) is 6.14. The Morgan fingerprint density at radius 2 is 1.58 bits per heavy atom. The molecule has 3 aromatic heterocycles. The van der Waals surface area contributed by atoms with Gasteiger partial charge in [0.05, 0.1) is 22.4 Å². The summed E-state index contributed by atoms with van der Waals surface area (Å²) in [5.74, 6) is -2.13. The highest BCUT2D eigenvalue weighted by atomic mass is 19.1. The Morgan fingerprint density at radius 1 is 0.923 bits per heavy atom. The molecule has 0 fully saturated rings. The van der Waals surface area contributed by atoms with Crippen LogP contribution in [0.1, 0.15) is 25.2 Å². The fraction of sp³-hybridized carbons (Fsp3) is 0.167. The van der Waals surface area contributed by atoms with E-state index in [9.17, 15) is 18.9 Å². The van der Waals surface area contributed by atoms with Gasteiger partial charge in [-0.3, -0.25) is 4.98 Å². The van der Waals surface area contributed by atoms with Crippen molar-refractivity contribution in [1.82, 2.24) is 15.0 Å². The van der Waals surface area contributed by atoms with Gasteiger partial charge in [-0.1, -0.05) is 6.07 Å². The average molecular weight is 356 g/mol. The molecule has 0 saturated heterocycles. The van der Waals surface area contributed by atoms with Crippen molar-refractivity contribution < 1.29 is 13.7 Å². The van der Waals surface area contributed by atoms with Gasteiger partial charge in [-0.2, -0.15) is 13.8 Å². The number of rotatable bonds is 4. The zero-order chi connectivity index (χ0) is 18.9. The van der Waals surface area contributed by atoms with Crippen LogP contribution in [0.25, 0.3) is 11.3 Å². The van der Waals surface area contributed by atoms with Gasteiger partial charge in [0, 0.05) is 6.07 Å². The smallest absolute Gasteiger partial charge is 0.358 e. The summed E-state index contributed by atoms with van der Waals surface area (Å²) in [6.45, 7) is 3.62. The normalized spacial score (nSPS) is 11.4. The zero-order valence-electron chi connectivity index (χ0n) is 14.0. The average Bonchev–Trinajstić information content (AvgIpc) is 2.62. The van der Waals surface area contributed by atoms with E-state index in [1.807, 2.05) is 13.8 Å². The second kappa shape index (κ2) is 6.55. The van der Waals surface area contributed by atoms with Crippen molar-refractivity contribution in [2.45, 2.75) is 19.3 Å². The molecule has 0 saturated carbocycles. The van der Waals surface area contributed by atoms with Crippen LogP contribution in [0.4, 0.5) is 14.6 Å². The summed E-state index contributed by atoms with van der Waals surface area (Å²) in [6.07, 6.45) is 0. The fourth-order valence-corrected chi connectivity index (χ4v) is 2.54. The number of hydrogen-bond acceptors (Lipinski definition) is 5. The van der Waals surface area contributed by atoms with Crippen LogP contribution in [0.3, 0.4) is 0 Å². The molecule has 0 unspecified atom stereocenters. The van der Waals surface area contributed by atoms with Gasteiger partial charge >= 0.3 is 5.82 Å². The van der Waals surface area contributed by atoms with Crippen molar-refractivity contribution in [3.63, 3.8) is 0 Å². The van der Waals surface area contributed by atoms with Gasteiger partial charge in [0.25, 0.3) is 0 Å². The van der Waals surface area contributed by atoms with Gasteiger partial charge in [-0.15, -0.1) is 0 Å². The molecule has 8 heteroatoms. The van der Waals surface area contributed by atoms with Crippen molar-refractivity contribution in [1.29, 1.82) is 0 Å². The predicted octanol–water partition coefficient (Wildman–Crippen LogP) is 4.05. The number of hydrogen-bond donors (Lipinski definition) is 0. The Morgan fingerprint density at radius 3 is 2.23 bits per heavy atom. The SMILES string of the molecule is CC(C)(c1cccc(-c2ccc(F)nc2F)n1)c1cccc([N+](=O)[O-])n1. The Labute approximate surface area is 147 Å². The fourth-order valence-electron chi connectivity index (χ4n) is 2.54. The molecule has 0 aliphatic carbocycles. The molecule has 3 aromatic rings. The van der Waals surface area contributed by atoms with Gasteiger partial charge in [0.2, 0.25) is 11.9 Å². The van der Waals surface area contributed by atoms with Crippen molar-refractivity contribution in [2.75, 3.05) is 0 Å². The summed E-state index contributed by atoms with van der Waals surface area (Å²) in [4.78, 5) is 22.1. The van der Waals surface area contributed by atoms with E-state index in [4.69, 9.17) is 0 Å². The van der Waals surface area contributed by atoms with Crippen molar-refractivity contribution >= 4 is 5.82 Å². The topological polar surface area (TPSA) is 81.8 Å². The summed E-state index contributed by atoms with van der Waals surface area (Å²) in [5, 5.41) is 11.0. The molecule has 0 amide bonds. The maximum atomic E-state index is 14.0. The lowest BCUT2D eigenvalue weighted by Gasteiger charge is -2.21. The molecule has 3 rings (SSSR count). The van der Waals surface area contributed by atoms with E-state index in [0.717, 1.165) is 6.07 Å². The number of halogens is 2. The van der Waals surface area contributed by atoms with Crippen LogP contribution in [-0.2, 0) is 5.41 Å². The van der Waals surface area contributed by atoms with Crippen LogP contribution in [0.15, 0.2) is 48.5 Å². The number of pyridine rings is 3. The summed E-state index contributed by atoms with van der Waals surface area (Å²) in [5.41, 5.74) is 0.564. The van der Waals surface area contributed by atoms with E-state index in [2.05, 4.69) is 15.0 Å². The van der Waals surface area contributed by atoms with Crippen molar-refractivity contribution in [2.24, 2.45) is 0 Å². The largest absolute Gasteiger partial charge is 0.363 e. The molecular formula is C18H14F2N4O2. The van der Waals surface area contributed by atoms with Gasteiger partial charge in [0.1, 0.15) is 0 Å². The molecule has 26 heavy (non-hydrogen) atoms. The van der Waals surface area contributed by atoms with E-state index < -0.39 is 22.2 Å². The highest BCUT2D eigenvalue weighted by molar-refractivity contribution is 5.59. The minimum Gasteiger partial charge on any atom is -0.358 e. The summed E-state index contributed by atoms with van der Waals surface area (Å²) in [7, 11) is 0. The highest BCUT2D eigenvalue weighted by Gasteiger charge is 2.31. The van der Waals surface area contributed by atoms with Gasteiger partial charge in [-0.25, -0.2) is 0 Å². The molecule has 0 aromatic carbocycles. The molecule has 0 radical (unpaired) electrons. The van der Waals surface area contributed by atoms with Gasteiger partial charge < -0.3 is 10.1 Å². The van der Waals surface area contributed by atoms with Crippen LogP contribution in [-0.4, -0.2) is 19.9 Å². The number of nitrogens with zero attached hydrogens (tertiary/aromatic N) is 4. The third-order valence-corrected chi connectivity index (χ3v) is 4.04. The monoisotopic (exact) mass is 356 g/mol. The van der Waals surface area contributed by atoms with Gasteiger partial charge in [0.15, 0.2) is 5.69 Å². The quantitative estimate of drug-likeness (QED) is 0.400. The molecule has 0 atom stereocenters. The number of aromatic nitrogens is 3. The summed E-state index contributed by atoms with van der Waals surface area (Å²) >= 11 is 0. The third kappa shape index (κ3) is 3.26. The van der Waals surface area contributed by atoms with Crippen LogP contribution >= 0.6 is 0 Å². The Hall–Kier alpha value is -3.29. The first kappa shape index (κ1) is 17.5. The lowest BCUT2D eigenvalue weighted by atomic mass is 9.84. The van der Waals surface area contributed by atoms with Crippen LogP contribution in [0.5, 0.6) is 0 Å². The third-order valence-electron chi connectivity index (χ3n) is 4.04. The molecule has 3 heterocycles. The molecule has 0 spiro atoms. The molecular weight excluding hydrogens is 342 g/mol. The first-order valence-corrected chi connectivity index (χ1v) is 7.71. The molecule has 6 nitrogen and oxygen atoms in total. The summed E-state index contributed by atoms with van der Waals surface area (Å²) in [6, 6.07) is 11.8. The molecule has 0 aliphatic rings. The van der Waals surface area contributed by atoms with Crippen LogP contribution in [0, 0.1) is 22.0 Å². The van der Waals surface area contributed by atoms with Crippen LogP contribution < -0.4 is 0 Å². The van der Waals surface area contributed by atoms with Crippen molar-refractivity contribution in [3.8, 4) is 11.3 Å². The van der Waals surface area contributed by atoms with E-state index in [0.29, 0.717) is 11.4 Å². The Balaban J connectivity index is 2.06. The zero-order valence-corrected chi connectivity index (χ0v) is 14.0. The lowest BCUT2D eigenvalue weighted by Crippen LogP contribution is -2.22. The molecule has 132 valence electrons. The Bertz CT molecular complexity index is 992. The van der Waals surface area contributed by atoms with E-state index in [1.165, 1.54) is 12.1 Å². The standard InChI is InChI=1S/C18H14F2N4O2/c1-18(2,14-7-4-8-16(22-14)24(25)26)13-6-3-5-12(21-13)11-9-10-15(19)23-17(11)20/h3-10H,1-2H3. The lowest BCUT2D eigenvalue weighted by molar-refractivity contribution is -0.389. The second-order valence-corrected chi connectivity index (χ2v) is 6.14. The predicted molar refractivity (Wildman–Crippen MR) is 90.4 cm³/mol. The maximum absolute atomic E-state index is 14.0. The van der Waals surface area contributed by atoms with E-state index in [-0.39, 0.29) is 17.1 Å². The maximum Gasteiger partial charge on any atom is 0.363 e. The van der Waals surface area contributed by atoms with E-state index in [1.54, 1.807) is 30.3 Å². The molecule has 0 aliphatic heterocycles. The van der Waals surface area contributed by atoms with Gasteiger partial charge in [-0.05, 0) is 60.2 Å². The highest BCUT2D eigenvalue weighted by Crippen LogP contribution is 2.31. The first-order chi connectivity index (χ1) is 12.3. The minimum absolute atomic E-state index is 0.0658. The Kier molecular flexibility index (Phi) is 4.41. The van der Waals surface area contributed by atoms with E-state index >= 15 is 0 Å². The first-order valence-electron chi connectivity index (χ1n) is 7.71. The molecule has 0 bridgehead atoms. The summed E-state index contributed by atoms with van der Waals surface area (Å²) < 4.78 is 27.0. The number of nitro groups is 1. The van der Waals surface area contributed by atoms with Crippen LogP contribution in [0.2, 0.25) is 0 Å². The molecule has 0 N–H and O–H groups in total.